The Morgan fingerprint density at radius 1 is 1.19 bits per heavy atom. The van der Waals surface area contributed by atoms with E-state index in [1.165, 1.54) is 18.7 Å². The molecule has 12 heteroatoms. The van der Waals surface area contributed by atoms with Crippen LogP contribution in [-0.2, 0) is 25.2 Å². The number of rotatable bonds is 11. The second-order valence-corrected chi connectivity index (χ2v) is 13.1. The first-order chi connectivity index (χ1) is 20.2. The normalized spacial score (nSPS) is 22.4. The Hall–Kier alpha value is -3.60. The van der Waals surface area contributed by atoms with Gasteiger partial charge in [-0.15, -0.1) is 11.8 Å². The van der Waals surface area contributed by atoms with Gasteiger partial charge < -0.3 is 25.0 Å². The van der Waals surface area contributed by atoms with Gasteiger partial charge >= 0.3 is 13.7 Å². The molecular formula is C30H33N4O6PS. The van der Waals surface area contributed by atoms with Crippen molar-refractivity contribution in [2.45, 2.75) is 42.7 Å². The van der Waals surface area contributed by atoms with Crippen molar-refractivity contribution in [1.82, 2.24) is 9.99 Å². The van der Waals surface area contributed by atoms with Crippen molar-refractivity contribution >= 4 is 42.1 Å². The third-order valence-electron chi connectivity index (χ3n) is 6.76. The highest BCUT2D eigenvalue weighted by atomic mass is 32.2. The summed E-state index contributed by atoms with van der Waals surface area (Å²) in [6.45, 7) is 5.43. The molecule has 0 aliphatic carbocycles. The van der Waals surface area contributed by atoms with Gasteiger partial charge in [0.15, 0.2) is 0 Å². The molecule has 0 amide bonds. The predicted molar refractivity (Wildman–Crippen MR) is 165 cm³/mol. The molecule has 1 saturated heterocycles. The maximum absolute atomic E-state index is 14.1. The topological polar surface area (TPSA) is 136 Å². The van der Waals surface area contributed by atoms with E-state index in [-0.39, 0.29) is 18.6 Å². The summed E-state index contributed by atoms with van der Waals surface area (Å²) in [5.41, 5.74) is 6.58. The molecule has 2 aliphatic rings. The number of esters is 1. The zero-order valence-electron chi connectivity index (χ0n) is 23.0. The van der Waals surface area contributed by atoms with Gasteiger partial charge in [0.05, 0.1) is 23.3 Å². The fraction of sp³-hybridized carbons (Fsp3) is 0.267. The van der Waals surface area contributed by atoms with Crippen LogP contribution in [0.5, 0.6) is 5.75 Å². The molecule has 1 fully saturated rings. The molecule has 5 atom stereocenters. The first-order valence-electron chi connectivity index (χ1n) is 13.4. The SMILES string of the molecule is C=C1N=C(N)C=CN1[C@H]1C[C@@H](O)[C@@H](COP(=O)(N[C@@H](C)C(=O)OCc2ccccc2)Oc2ccc3ccccc3c2)S1. The zero-order chi connectivity index (χ0) is 29.7. The van der Waals surface area contributed by atoms with E-state index in [0.717, 1.165) is 16.3 Å². The Morgan fingerprint density at radius 2 is 1.93 bits per heavy atom. The summed E-state index contributed by atoms with van der Waals surface area (Å²) in [4.78, 5) is 18.8. The fourth-order valence-electron chi connectivity index (χ4n) is 4.55. The Labute approximate surface area is 248 Å². The minimum absolute atomic E-state index is 0.0701. The lowest BCUT2D eigenvalue weighted by Crippen LogP contribution is -2.36. The molecule has 0 aromatic heterocycles. The summed E-state index contributed by atoms with van der Waals surface area (Å²) in [6, 6.07) is 21.2. The number of aliphatic hydroxyl groups excluding tert-OH is 1. The van der Waals surface area contributed by atoms with Gasteiger partial charge in [-0.1, -0.05) is 67.2 Å². The highest BCUT2D eigenvalue weighted by Gasteiger charge is 2.40. The maximum Gasteiger partial charge on any atom is 0.459 e. The third-order valence-corrected chi connectivity index (χ3v) is 9.94. The minimum Gasteiger partial charge on any atom is -0.460 e. The van der Waals surface area contributed by atoms with Gasteiger partial charge in [0.1, 0.15) is 30.1 Å². The van der Waals surface area contributed by atoms with E-state index in [1.807, 2.05) is 65.6 Å². The van der Waals surface area contributed by atoms with Crippen molar-refractivity contribution < 1.29 is 28.3 Å². The molecule has 0 bridgehead atoms. The number of nitrogens with one attached hydrogen (secondary N) is 1. The number of thioether (sulfide) groups is 1. The van der Waals surface area contributed by atoms with Gasteiger partial charge in [-0.05, 0) is 41.5 Å². The third kappa shape index (κ3) is 7.42. The first-order valence-corrected chi connectivity index (χ1v) is 15.9. The predicted octanol–water partition coefficient (Wildman–Crippen LogP) is 4.92. The molecule has 42 heavy (non-hydrogen) atoms. The highest BCUT2D eigenvalue weighted by molar-refractivity contribution is 8.00. The number of fused-ring (bicyclic) bond motifs is 1. The molecule has 2 aliphatic heterocycles. The van der Waals surface area contributed by atoms with E-state index in [1.54, 1.807) is 24.4 Å². The van der Waals surface area contributed by atoms with Crippen LogP contribution in [0.25, 0.3) is 10.8 Å². The number of carbonyl (C=O) groups excluding carboxylic acids is 1. The molecule has 5 rings (SSSR count). The molecule has 2 heterocycles. The number of benzene rings is 3. The van der Waals surface area contributed by atoms with Gasteiger partial charge in [0.2, 0.25) is 0 Å². The van der Waals surface area contributed by atoms with Gasteiger partial charge in [-0.25, -0.2) is 9.56 Å². The average molecular weight is 609 g/mol. The van der Waals surface area contributed by atoms with Crippen LogP contribution in [0.2, 0.25) is 0 Å². The van der Waals surface area contributed by atoms with Crippen molar-refractivity contribution in [3.05, 3.63) is 103 Å². The lowest BCUT2D eigenvalue weighted by Gasteiger charge is -2.28. The van der Waals surface area contributed by atoms with Gasteiger partial charge in [0, 0.05) is 12.6 Å². The van der Waals surface area contributed by atoms with Gasteiger partial charge in [-0.2, -0.15) is 5.09 Å². The molecular weight excluding hydrogens is 575 g/mol. The van der Waals surface area contributed by atoms with Crippen molar-refractivity contribution in [2.75, 3.05) is 6.61 Å². The standard InChI is InChI=1S/C30H33N4O6PS/c1-20(30(36)38-18-22-8-4-3-5-9-22)33-41(37,40-25-13-12-23-10-6-7-11-24(23)16-25)39-19-27-26(35)17-29(42-27)34-15-14-28(31)32-21(34)2/h3-16,20,26-27,29,35H,2,17-19H2,1H3,(H2,31,32)(H,33,37)/t20-,26+,27+,29+,41?/m0/s1. The Balaban J connectivity index is 1.28. The maximum atomic E-state index is 14.1. The molecule has 10 nitrogen and oxygen atoms in total. The van der Waals surface area contributed by atoms with Crippen LogP contribution in [0.1, 0.15) is 18.9 Å². The molecule has 0 spiro atoms. The number of aliphatic imine (C=N–C) groups is 1. The van der Waals surface area contributed by atoms with Crippen LogP contribution in [0, 0.1) is 0 Å². The molecule has 0 saturated carbocycles. The largest absolute Gasteiger partial charge is 0.460 e. The van der Waals surface area contributed by atoms with E-state index in [4.69, 9.17) is 19.5 Å². The number of hydrogen-bond donors (Lipinski definition) is 3. The smallest absolute Gasteiger partial charge is 0.459 e. The zero-order valence-corrected chi connectivity index (χ0v) is 24.7. The second-order valence-electron chi connectivity index (χ2n) is 9.95. The first kappa shape index (κ1) is 29.9. The van der Waals surface area contributed by atoms with Gasteiger partial charge in [-0.3, -0.25) is 9.32 Å². The summed E-state index contributed by atoms with van der Waals surface area (Å²) < 4.78 is 31.3. The minimum atomic E-state index is -4.13. The number of hydrogen-bond acceptors (Lipinski definition) is 10. The number of aliphatic hydroxyl groups is 1. The van der Waals surface area contributed by atoms with E-state index in [9.17, 15) is 14.5 Å². The molecule has 3 aromatic rings. The van der Waals surface area contributed by atoms with E-state index < -0.39 is 31.1 Å². The summed E-state index contributed by atoms with van der Waals surface area (Å²) in [7, 11) is -4.13. The Kier molecular flexibility index (Phi) is 9.35. The van der Waals surface area contributed by atoms with Crippen molar-refractivity contribution in [1.29, 1.82) is 0 Å². The Bertz CT molecular complexity index is 1550. The van der Waals surface area contributed by atoms with E-state index in [0.29, 0.717) is 23.8 Å². The molecule has 3 aromatic carbocycles. The molecule has 220 valence electrons. The summed E-state index contributed by atoms with van der Waals surface area (Å²) >= 11 is 1.44. The van der Waals surface area contributed by atoms with Crippen molar-refractivity contribution in [2.24, 2.45) is 10.7 Å². The van der Waals surface area contributed by atoms with Crippen LogP contribution in [0.4, 0.5) is 0 Å². The van der Waals surface area contributed by atoms with Crippen molar-refractivity contribution in [3.63, 3.8) is 0 Å². The lowest BCUT2D eigenvalue weighted by atomic mass is 10.1. The number of amidine groups is 1. The summed E-state index contributed by atoms with van der Waals surface area (Å²) in [5.74, 6) is 0.512. The molecule has 4 N–H and O–H groups in total. The number of ether oxygens (including phenoxy) is 1. The Morgan fingerprint density at radius 3 is 2.69 bits per heavy atom. The summed E-state index contributed by atoms with van der Waals surface area (Å²) in [5, 5.41) is 14.8. The van der Waals surface area contributed by atoms with E-state index >= 15 is 0 Å². The van der Waals surface area contributed by atoms with Gasteiger partial charge in [0.25, 0.3) is 0 Å². The number of nitrogens with two attached hydrogens (primary N) is 1. The average Bonchev–Trinajstić information content (AvgIpc) is 3.35. The monoisotopic (exact) mass is 608 g/mol. The second kappa shape index (κ2) is 13.1. The molecule has 0 radical (unpaired) electrons. The van der Waals surface area contributed by atoms with Crippen LogP contribution >= 0.6 is 19.5 Å². The number of carbonyl (C=O) groups is 1. The van der Waals surface area contributed by atoms with Crippen molar-refractivity contribution in [3.8, 4) is 5.75 Å². The highest BCUT2D eigenvalue weighted by Crippen LogP contribution is 2.48. The quantitative estimate of drug-likeness (QED) is 0.203. The fourth-order valence-corrected chi connectivity index (χ4v) is 7.64. The molecule has 1 unspecified atom stereocenters. The number of nitrogens with zero attached hydrogens (tertiary/aromatic N) is 2. The van der Waals surface area contributed by atoms with Crippen LogP contribution < -0.4 is 15.3 Å². The van der Waals surface area contributed by atoms with E-state index in [2.05, 4.69) is 16.7 Å². The summed E-state index contributed by atoms with van der Waals surface area (Å²) in [6.07, 6.45) is 3.09. The lowest BCUT2D eigenvalue weighted by molar-refractivity contribution is -0.146. The van der Waals surface area contributed by atoms with Crippen LogP contribution in [0.15, 0.2) is 102 Å². The van der Waals surface area contributed by atoms with Crippen LogP contribution in [0.3, 0.4) is 0 Å². The van der Waals surface area contributed by atoms with Crippen LogP contribution in [-0.4, -0.2) is 51.2 Å².